The first-order chi connectivity index (χ1) is 2.27. The van der Waals surface area contributed by atoms with Gasteiger partial charge in [-0.05, 0) is 0 Å². The second-order valence-electron chi connectivity index (χ2n) is 0.692. The molecule has 0 fully saturated rings. The number of rotatable bonds is 1. The molecular formula is C2H5GeI2. The van der Waals surface area contributed by atoms with Crippen LogP contribution in [0.3, 0.4) is 0 Å². The van der Waals surface area contributed by atoms with Crippen LogP contribution >= 0.6 is 40.4 Å². The van der Waals surface area contributed by atoms with E-state index in [2.05, 4.69) is 47.4 Å². The molecule has 0 aliphatic rings. The molecule has 3 heteroatoms. The third-order valence-corrected chi connectivity index (χ3v) is 9.32. The third kappa shape index (κ3) is 6.00. The van der Waals surface area contributed by atoms with E-state index in [-0.39, 0.29) is 0 Å². The fraction of sp³-hybridized carbons (Fsp3) is 1.00. The number of hydrogen-bond acceptors (Lipinski definition) is 0. The summed E-state index contributed by atoms with van der Waals surface area (Å²) in [7, 11) is -0.416. The summed E-state index contributed by atoms with van der Waals surface area (Å²) < 4.78 is 0. The van der Waals surface area contributed by atoms with Crippen LogP contribution in [0.1, 0.15) is 6.92 Å². The van der Waals surface area contributed by atoms with Crippen molar-refractivity contribution in [3.8, 4) is 0 Å². The minimum atomic E-state index is -0.416. The van der Waals surface area contributed by atoms with Gasteiger partial charge in [-0.15, -0.1) is 0 Å². The standard InChI is InChI=1S/C2H5GeI2/c1-2-3(4)5/h2H2,1H3. The van der Waals surface area contributed by atoms with Crippen LogP contribution in [0.4, 0.5) is 0 Å². The quantitative estimate of drug-likeness (QED) is 0.500. The molecule has 0 aliphatic carbocycles. The van der Waals surface area contributed by atoms with Gasteiger partial charge in [-0.2, -0.15) is 0 Å². The van der Waals surface area contributed by atoms with Gasteiger partial charge in [-0.25, -0.2) is 0 Å². The number of hydrogen-bond donors (Lipinski definition) is 0. The normalized spacial score (nSPS) is 9.60. The van der Waals surface area contributed by atoms with Crippen molar-refractivity contribution >= 4 is 48.2 Å². The van der Waals surface area contributed by atoms with E-state index in [0.29, 0.717) is 0 Å². The molecule has 0 aliphatic heterocycles. The first-order valence-corrected chi connectivity index (χ1v) is 15.7. The predicted molar refractivity (Wildman–Crippen MR) is 44.3 cm³/mol. The maximum atomic E-state index is 2.56. The zero-order valence-electron chi connectivity index (χ0n) is 2.96. The van der Waals surface area contributed by atoms with Gasteiger partial charge >= 0.3 is 60.3 Å². The summed E-state index contributed by atoms with van der Waals surface area (Å²) in [5.74, 6) is 0. The Labute approximate surface area is 59.4 Å². The number of halogens is 2. The van der Waals surface area contributed by atoms with Crippen LogP contribution in [-0.2, 0) is 0 Å². The Morgan fingerprint density at radius 2 is 1.80 bits per heavy atom. The Morgan fingerprint density at radius 1 is 1.60 bits per heavy atom. The van der Waals surface area contributed by atoms with E-state index in [4.69, 9.17) is 0 Å². The van der Waals surface area contributed by atoms with E-state index in [1.165, 1.54) is 5.25 Å². The third-order valence-electron chi connectivity index (χ3n) is 0.267. The topological polar surface area (TPSA) is 0 Å². The predicted octanol–water partition coefficient (Wildman–Crippen LogP) is 2.36. The van der Waals surface area contributed by atoms with Crippen LogP contribution in [0.5, 0.6) is 0 Å². The van der Waals surface area contributed by atoms with Crippen LogP contribution < -0.4 is 0 Å². The second-order valence-corrected chi connectivity index (χ2v) is 27.9. The molecule has 0 saturated heterocycles. The summed E-state index contributed by atoms with van der Waals surface area (Å²) >= 11 is 5.12. The molecule has 31 valence electrons. The molecule has 0 saturated carbocycles. The molecule has 0 bridgehead atoms. The minimum absolute atomic E-state index is 0.416. The van der Waals surface area contributed by atoms with Gasteiger partial charge in [-0.3, -0.25) is 0 Å². The molecule has 1 radical (unpaired) electrons. The Kier molecular flexibility index (Phi) is 5.84. The molecule has 0 aromatic carbocycles. The van der Waals surface area contributed by atoms with Crippen LogP contribution in [0, 0.1) is 0 Å². The van der Waals surface area contributed by atoms with E-state index in [1.807, 2.05) is 0 Å². The van der Waals surface area contributed by atoms with Crippen LogP contribution in [-0.4, -0.2) is 7.73 Å². The van der Waals surface area contributed by atoms with Gasteiger partial charge in [0.2, 0.25) is 0 Å². The molecule has 0 amide bonds. The van der Waals surface area contributed by atoms with Gasteiger partial charge in [0.25, 0.3) is 0 Å². The summed E-state index contributed by atoms with van der Waals surface area (Å²) in [6.07, 6.45) is 0. The summed E-state index contributed by atoms with van der Waals surface area (Å²) in [6, 6.07) is 0. The van der Waals surface area contributed by atoms with Crippen molar-refractivity contribution in [2.75, 3.05) is 0 Å². The van der Waals surface area contributed by atoms with Crippen molar-refractivity contribution in [3.63, 3.8) is 0 Å². The van der Waals surface area contributed by atoms with Gasteiger partial charge in [-0.1, -0.05) is 0 Å². The molecule has 5 heavy (non-hydrogen) atoms. The summed E-state index contributed by atoms with van der Waals surface area (Å²) in [5.41, 5.74) is 0. The van der Waals surface area contributed by atoms with Gasteiger partial charge in [0.1, 0.15) is 0 Å². The van der Waals surface area contributed by atoms with Gasteiger partial charge in [0, 0.05) is 0 Å². The van der Waals surface area contributed by atoms with Crippen molar-refractivity contribution in [2.45, 2.75) is 12.2 Å². The summed E-state index contributed by atoms with van der Waals surface area (Å²) in [6.45, 7) is 2.26. The molecule has 0 rings (SSSR count). The summed E-state index contributed by atoms with van der Waals surface area (Å²) in [4.78, 5) is 0. The monoisotopic (exact) mass is 357 g/mol. The molecule has 0 N–H and O–H groups in total. The van der Waals surface area contributed by atoms with Crippen molar-refractivity contribution in [1.29, 1.82) is 0 Å². The van der Waals surface area contributed by atoms with E-state index >= 15 is 0 Å². The molecule has 0 aromatic heterocycles. The van der Waals surface area contributed by atoms with Crippen molar-refractivity contribution < 1.29 is 0 Å². The average Bonchev–Trinajstić information content (AvgIpc) is 1.38. The molecule has 0 unspecified atom stereocenters. The fourth-order valence-electron chi connectivity index (χ4n) is 0. The second kappa shape index (κ2) is 4.17. The van der Waals surface area contributed by atoms with Crippen molar-refractivity contribution in [1.82, 2.24) is 0 Å². The SMILES string of the molecule is C[CH2][Ge]([I])[I]. The van der Waals surface area contributed by atoms with E-state index in [9.17, 15) is 0 Å². The molecular weight excluding hydrogens is 350 g/mol. The van der Waals surface area contributed by atoms with Crippen LogP contribution in [0.25, 0.3) is 0 Å². The van der Waals surface area contributed by atoms with Crippen molar-refractivity contribution in [3.05, 3.63) is 0 Å². The summed E-state index contributed by atoms with van der Waals surface area (Å²) in [5, 5.41) is 1.45. The fourth-order valence-corrected chi connectivity index (χ4v) is 0. The Morgan fingerprint density at radius 3 is 1.80 bits per heavy atom. The van der Waals surface area contributed by atoms with Crippen molar-refractivity contribution in [2.24, 2.45) is 0 Å². The van der Waals surface area contributed by atoms with E-state index < -0.39 is 7.73 Å². The van der Waals surface area contributed by atoms with Crippen LogP contribution in [0.15, 0.2) is 0 Å². The molecule has 0 aromatic rings. The molecule has 0 heterocycles. The van der Waals surface area contributed by atoms with Gasteiger partial charge in [0.05, 0.1) is 0 Å². The van der Waals surface area contributed by atoms with E-state index in [1.54, 1.807) is 0 Å². The first kappa shape index (κ1) is 7.00. The Hall–Kier alpha value is 2.00. The Bertz CT molecular complexity index is 21.6. The maximum absolute atomic E-state index is 2.56. The van der Waals surface area contributed by atoms with Gasteiger partial charge < -0.3 is 0 Å². The zero-order chi connectivity index (χ0) is 4.28. The average molecular weight is 355 g/mol. The van der Waals surface area contributed by atoms with Crippen LogP contribution in [0.2, 0.25) is 5.25 Å². The molecule has 0 atom stereocenters. The molecule has 0 spiro atoms. The zero-order valence-corrected chi connectivity index (χ0v) is 9.38. The van der Waals surface area contributed by atoms with E-state index in [0.717, 1.165) is 0 Å². The molecule has 0 nitrogen and oxygen atoms in total. The Balaban J connectivity index is 2.54. The van der Waals surface area contributed by atoms with Gasteiger partial charge in [0.15, 0.2) is 0 Å². The first-order valence-electron chi connectivity index (χ1n) is 1.44.